The zero-order valence-corrected chi connectivity index (χ0v) is 23.3. The van der Waals surface area contributed by atoms with Crippen LogP contribution in [0.5, 0.6) is 0 Å². The molecule has 35 heavy (non-hydrogen) atoms. The van der Waals surface area contributed by atoms with Crippen LogP contribution in [-0.2, 0) is 22.4 Å². The lowest BCUT2D eigenvalue weighted by molar-refractivity contribution is -0.118. The second kappa shape index (κ2) is 13.6. The van der Waals surface area contributed by atoms with Crippen LogP contribution in [0.15, 0.2) is 47.4 Å². The molecule has 3 aromatic rings. The molecule has 1 aliphatic heterocycles. The maximum absolute atomic E-state index is 13.5. The van der Waals surface area contributed by atoms with Crippen LogP contribution in [0.4, 0.5) is 5.13 Å². The van der Waals surface area contributed by atoms with Gasteiger partial charge in [-0.2, -0.15) is 0 Å². The van der Waals surface area contributed by atoms with Gasteiger partial charge in [-0.3, -0.25) is 14.6 Å². The van der Waals surface area contributed by atoms with E-state index in [1.165, 1.54) is 10.5 Å². The van der Waals surface area contributed by atoms with Crippen LogP contribution in [0.1, 0.15) is 38.3 Å². The van der Waals surface area contributed by atoms with E-state index in [9.17, 15) is 4.79 Å². The maximum Gasteiger partial charge on any atom is 0.233 e. The van der Waals surface area contributed by atoms with Crippen molar-refractivity contribution in [1.29, 1.82) is 0 Å². The fourth-order valence-corrected chi connectivity index (χ4v) is 6.12. The van der Waals surface area contributed by atoms with E-state index < -0.39 is 0 Å². The first-order valence-electron chi connectivity index (χ1n) is 12.3. The van der Waals surface area contributed by atoms with Crippen molar-refractivity contribution >= 4 is 56.8 Å². The number of carbonyl (C=O) groups excluding carboxylic acids is 1. The Kier molecular flexibility index (Phi) is 10.9. The summed E-state index contributed by atoms with van der Waals surface area (Å²) in [6.45, 7) is 11.7. The average molecular weight is 534 g/mol. The summed E-state index contributed by atoms with van der Waals surface area (Å²) in [5, 5.41) is 1.36. The van der Waals surface area contributed by atoms with E-state index in [1.807, 2.05) is 16.7 Å². The highest BCUT2D eigenvalue weighted by Crippen LogP contribution is 2.32. The van der Waals surface area contributed by atoms with Gasteiger partial charge in [0.2, 0.25) is 5.91 Å². The number of para-hydroxylation sites is 1. The second-order valence-corrected chi connectivity index (χ2v) is 11.6. The molecule has 0 spiro atoms. The Balaban J connectivity index is 0.00000342. The van der Waals surface area contributed by atoms with Gasteiger partial charge in [0.15, 0.2) is 5.13 Å². The molecule has 1 aliphatic rings. The zero-order valence-electron chi connectivity index (χ0n) is 20.9. The fraction of sp³-hybridized carbons (Fsp3) is 0.481. The summed E-state index contributed by atoms with van der Waals surface area (Å²) in [5.74, 6) is 0.114. The minimum absolute atomic E-state index is 0. The summed E-state index contributed by atoms with van der Waals surface area (Å²) in [5.41, 5.74) is 3.32. The Morgan fingerprint density at radius 3 is 2.60 bits per heavy atom. The molecule has 190 valence electrons. The van der Waals surface area contributed by atoms with Crippen molar-refractivity contribution in [1.82, 2.24) is 9.88 Å². The van der Waals surface area contributed by atoms with Crippen molar-refractivity contribution in [3.63, 3.8) is 0 Å². The number of fused-ring (bicyclic) bond motifs is 1. The molecule has 0 radical (unpaired) electrons. The topological polar surface area (TPSA) is 45.7 Å². The molecule has 2 aromatic carbocycles. The lowest BCUT2D eigenvalue weighted by atomic mass is 10.1. The van der Waals surface area contributed by atoms with Crippen molar-refractivity contribution in [2.45, 2.75) is 50.2 Å². The third kappa shape index (κ3) is 7.67. The van der Waals surface area contributed by atoms with Gasteiger partial charge < -0.3 is 4.74 Å². The SMILES string of the molecule is CCc1cccc2sc(N(CCCN3CCOCC3)C(=O)Cc3ccc(SC(C)C)cc3)nc12.Cl. The molecule has 1 amide bonds. The first kappa shape index (κ1) is 27.9. The van der Waals surface area contributed by atoms with E-state index >= 15 is 0 Å². The fourth-order valence-electron chi connectivity index (χ4n) is 4.23. The van der Waals surface area contributed by atoms with Crippen LogP contribution in [0, 0.1) is 0 Å². The minimum atomic E-state index is 0. The summed E-state index contributed by atoms with van der Waals surface area (Å²) in [4.78, 5) is 24.1. The van der Waals surface area contributed by atoms with Crippen LogP contribution in [-0.4, -0.2) is 60.4 Å². The zero-order chi connectivity index (χ0) is 23.9. The maximum atomic E-state index is 13.5. The molecule has 5 nitrogen and oxygen atoms in total. The molecule has 0 atom stereocenters. The molecule has 0 aliphatic carbocycles. The number of hydrogen-bond donors (Lipinski definition) is 0. The number of halogens is 1. The molecule has 1 saturated heterocycles. The summed E-state index contributed by atoms with van der Waals surface area (Å²) in [6.07, 6.45) is 2.25. The van der Waals surface area contributed by atoms with Gasteiger partial charge in [0.25, 0.3) is 0 Å². The molecule has 1 fully saturated rings. The van der Waals surface area contributed by atoms with Gasteiger partial charge in [-0.25, -0.2) is 4.98 Å². The third-order valence-corrected chi connectivity index (χ3v) is 8.07. The van der Waals surface area contributed by atoms with Gasteiger partial charge in [-0.1, -0.05) is 56.4 Å². The molecule has 2 heterocycles. The van der Waals surface area contributed by atoms with Crippen molar-refractivity contribution in [3.8, 4) is 0 Å². The lowest BCUT2D eigenvalue weighted by Gasteiger charge is -2.27. The lowest BCUT2D eigenvalue weighted by Crippen LogP contribution is -2.39. The van der Waals surface area contributed by atoms with E-state index in [4.69, 9.17) is 9.72 Å². The number of thioether (sulfide) groups is 1. The van der Waals surface area contributed by atoms with Crippen LogP contribution in [0.3, 0.4) is 0 Å². The van der Waals surface area contributed by atoms with Gasteiger partial charge in [0, 0.05) is 36.3 Å². The van der Waals surface area contributed by atoms with Crippen LogP contribution >= 0.6 is 35.5 Å². The number of amides is 1. The van der Waals surface area contributed by atoms with Crippen LogP contribution < -0.4 is 4.90 Å². The number of morpholine rings is 1. The second-order valence-electron chi connectivity index (χ2n) is 8.95. The number of anilines is 1. The predicted octanol–water partition coefficient (Wildman–Crippen LogP) is 6.08. The summed E-state index contributed by atoms with van der Waals surface area (Å²) >= 11 is 3.47. The van der Waals surface area contributed by atoms with Crippen molar-refractivity contribution in [3.05, 3.63) is 53.6 Å². The minimum Gasteiger partial charge on any atom is -0.379 e. The molecule has 0 unspecified atom stereocenters. The number of ether oxygens (including phenoxy) is 1. The highest BCUT2D eigenvalue weighted by molar-refractivity contribution is 7.99. The number of aryl methyl sites for hydroxylation is 1. The standard InChI is InChI=1S/C27H35N3O2S2.ClH/c1-4-22-7-5-8-24-26(22)28-27(34-24)30(14-6-13-29-15-17-32-18-16-29)25(31)19-21-9-11-23(12-10-21)33-20(2)3;/h5,7-12,20H,4,6,13-19H2,1-3H3;1H. The van der Waals surface area contributed by atoms with Gasteiger partial charge >= 0.3 is 0 Å². The number of hydrogen-bond acceptors (Lipinski definition) is 6. The third-order valence-electron chi connectivity index (χ3n) is 6.01. The number of rotatable bonds is 10. The average Bonchev–Trinajstić information content (AvgIpc) is 3.27. The molecule has 4 rings (SSSR count). The number of nitrogens with zero attached hydrogens (tertiary/aromatic N) is 3. The van der Waals surface area contributed by atoms with E-state index in [1.54, 1.807) is 11.3 Å². The quantitative estimate of drug-likeness (QED) is 0.295. The van der Waals surface area contributed by atoms with Gasteiger partial charge in [-0.15, -0.1) is 24.2 Å². The Morgan fingerprint density at radius 2 is 1.91 bits per heavy atom. The Labute approximate surface area is 223 Å². The van der Waals surface area contributed by atoms with E-state index in [-0.39, 0.29) is 18.3 Å². The van der Waals surface area contributed by atoms with Crippen molar-refractivity contribution in [2.75, 3.05) is 44.3 Å². The van der Waals surface area contributed by atoms with Crippen molar-refractivity contribution in [2.24, 2.45) is 0 Å². The Morgan fingerprint density at radius 1 is 1.17 bits per heavy atom. The molecular weight excluding hydrogens is 498 g/mol. The first-order chi connectivity index (χ1) is 16.5. The number of benzene rings is 2. The summed E-state index contributed by atoms with van der Waals surface area (Å²) in [6, 6.07) is 14.8. The number of aromatic nitrogens is 1. The summed E-state index contributed by atoms with van der Waals surface area (Å²) in [7, 11) is 0. The smallest absolute Gasteiger partial charge is 0.233 e. The molecule has 0 N–H and O–H groups in total. The monoisotopic (exact) mass is 533 g/mol. The van der Waals surface area contributed by atoms with E-state index in [0.717, 1.165) is 66.6 Å². The van der Waals surface area contributed by atoms with Crippen LogP contribution in [0.2, 0.25) is 0 Å². The van der Waals surface area contributed by atoms with E-state index in [2.05, 4.69) is 68.1 Å². The number of thiazole rings is 1. The first-order valence-corrected chi connectivity index (χ1v) is 14.0. The Bertz CT molecular complexity index is 1080. The van der Waals surface area contributed by atoms with Gasteiger partial charge in [0.1, 0.15) is 0 Å². The predicted molar refractivity (Wildman–Crippen MR) is 152 cm³/mol. The Hall–Kier alpha value is -1.64. The largest absolute Gasteiger partial charge is 0.379 e. The molecular formula is C27H36ClN3O2S2. The highest BCUT2D eigenvalue weighted by Gasteiger charge is 2.21. The summed E-state index contributed by atoms with van der Waals surface area (Å²) < 4.78 is 6.62. The molecule has 0 saturated carbocycles. The van der Waals surface area contributed by atoms with Crippen molar-refractivity contribution < 1.29 is 9.53 Å². The normalized spacial score (nSPS) is 14.3. The van der Waals surface area contributed by atoms with E-state index in [0.29, 0.717) is 18.2 Å². The van der Waals surface area contributed by atoms with Gasteiger partial charge in [-0.05, 0) is 42.2 Å². The van der Waals surface area contributed by atoms with Gasteiger partial charge in [0.05, 0.1) is 29.9 Å². The highest BCUT2D eigenvalue weighted by atomic mass is 35.5. The van der Waals surface area contributed by atoms with Crippen LogP contribution in [0.25, 0.3) is 10.2 Å². The molecule has 1 aromatic heterocycles. The molecule has 8 heteroatoms. The number of carbonyl (C=O) groups is 1. The molecule has 0 bridgehead atoms.